The number of hydrogen-bond donors (Lipinski definition) is 0. The Morgan fingerprint density at radius 3 is 2.39 bits per heavy atom. The maximum atomic E-state index is 13.2. The minimum Gasteiger partial charge on any atom is -0.496 e. The molecule has 0 N–H and O–H groups in total. The average Bonchev–Trinajstić information content (AvgIpc) is 2.72. The second-order valence-electron chi connectivity index (χ2n) is 6.24. The molecule has 0 fully saturated rings. The van der Waals surface area contributed by atoms with Gasteiger partial charge in [-0.3, -0.25) is 14.0 Å². The maximum absolute atomic E-state index is 13.2. The first-order valence-corrected chi connectivity index (χ1v) is 8.59. The van der Waals surface area contributed by atoms with Crippen LogP contribution >= 0.6 is 0 Å². The number of carbonyl (C=O) groups excluding carboxylic acids is 1. The lowest BCUT2D eigenvalue weighted by molar-refractivity contribution is -0.135. The third-order valence-electron chi connectivity index (χ3n) is 4.77. The molecule has 0 bridgehead atoms. The standard InChI is InChI=1S/C20H18N2O6/c1-25-11-8-13(26-2)17(14(9-11)27-3)12-10-16(23)28-19-18(12)20(24)22-7-5-4-6-15(22)21-19/h4-9,12H,10H2,1-3H3. The number of fused-ring (bicyclic) bond motifs is 2. The van der Waals surface area contributed by atoms with Gasteiger partial charge in [0.05, 0.1) is 33.3 Å². The van der Waals surface area contributed by atoms with Crippen LogP contribution in [-0.4, -0.2) is 36.7 Å². The van der Waals surface area contributed by atoms with Gasteiger partial charge in [0.2, 0.25) is 5.88 Å². The Kier molecular flexibility index (Phi) is 4.38. The second kappa shape index (κ2) is 6.88. The molecule has 1 atom stereocenters. The average molecular weight is 382 g/mol. The minimum absolute atomic E-state index is 0.0115. The molecule has 8 heteroatoms. The molecule has 0 radical (unpaired) electrons. The molecule has 2 aromatic heterocycles. The summed E-state index contributed by atoms with van der Waals surface area (Å²) >= 11 is 0. The number of hydrogen-bond acceptors (Lipinski definition) is 7. The van der Waals surface area contributed by atoms with Crippen LogP contribution in [0, 0.1) is 0 Å². The summed E-state index contributed by atoms with van der Waals surface area (Å²) in [6.45, 7) is 0. The molecule has 1 aliphatic rings. The Labute approximate surface area is 160 Å². The minimum atomic E-state index is -0.635. The second-order valence-corrected chi connectivity index (χ2v) is 6.24. The van der Waals surface area contributed by atoms with Gasteiger partial charge in [0.15, 0.2) is 0 Å². The van der Waals surface area contributed by atoms with Crippen molar-refractivity contribution in [1.29, 1.82) is 0 Å². The van der Waals surface area contributed by atoms with E-state index in [1.165, 1.54) is 25.7 Å². The fraction of sp³-hybridized carbons (Fsp3) is 0.250. The van der Waals surface area contributed by atoms with Crippen LogP contribution < -0.4 is 24.5 Å². The van der Waals surface area contributed by atoms with Crippen molar-refractivity contribution < 1.29 is 23.7 Å². The van der Waals surface area contributed by atoms with E-state index in [9.17, 15) is 9.59 Å². The molecule has 0 aliphatic carbocycles. The number of nitrogens with zero attached hydrogens (tertiary/aromatic N) is 2. The Morgan fingerprint density at radius 2 is 1.75 bits per heavy atom. The van der Waals surface area contributed by atoms with Gasteiger partial charge in [-0.1, -0.05) is 6.07 Å². The third kappa shape index (κ3) is 2.74. The van der Waals surface area contributed by atoms with Gasteiger partial charge in [-0.05, 0) is 12.1 Å². The predicted octanol–water partition coefficient (Wildman–Crippen LogP) is 2.16. The number of pyridine rings is 1. The van der Waals surface area contributed by atoms with E-state index in [0.717, 1.165) is 0 Å². The van der Waals surface area contributed by atoms with Gasteiger partial charge in [0, 0.05) is 29.8 Å². The van der Waals surface area contributed by atoms with E-state index in [-0.39, 0.29) is 23.4 Å². The van der Waals surface area contributed by atoms with Crippen LogP contribution in [0.4, 0.5) is 0 Å². The number of benzene rings is 1. The first kappa shape index (κ1) is 17.8. The number of rotatable bonds is 4. The summed E-state index contributed by atoms with van der Waals surface area (Å²) < 4.78 is 23.0. The van der Waals surface area contributed by atoms with E-state index in [1.807, 2.05) is 0 Å². The van der Waals surface area contributed by atoms with E-state index in [4.69, 9.17) is 18.9 Å². The Bertz CT molecular complexity index is 1110. The molecule has 3 aromatic rings. The molecule has 0 amide bonds. The van der Waals surface area contributed by atoms with E-state index in [0.29, 0.717) is 28.5 Å². The van der Waals surface area contributed by atoms with Crippen molar-refractivity contribution in [2.45, 2.75) is 12.3 Å². The summed E-state index contributed by atoms with van der Waals surface area (Å²) in [5.41, 5.74) is 0.940. The molecule has 1 unspecified atom stereocenters. The molecule has 0 saturated heterocycles. The number of carbonyl (C=O) groups is 1. The first-order valence-electron chi connectivity index (χ1n) is 8.59. The van der Waals surface area contributed by atoms with Gasteiger partial charge in [-0.25, -0.2) is 0 Å². The fourth-order valence-electron chi connectivity index (χ4n) is 3.50. The molecule has 0 saturated carbocycles. The molecule has 8 nitrogen and oxygen atoms in total. The lowest BCUT2D eigenvalue weighted by atomic mass is 9.86. The van der Waals surface area contributed by atoms with Gasteiger partial charge in [-0.15, -0.1) is 0 Å². The van der Waals surface area contributed by atoms with Crippen LogP contribution in [0.5, 0.6) is 23.1 Å². The van der Waals surface area contributed by atoms with Gasteiger partial charge < -0.3 is 18.9 Å². The summed E-state index contributed by atoms with van der Waals surface area (Å²) in [7, 11) is 4.54. The molecule has 144 valence electrons. The molecular formula is C20H18N2O6. The highest BCUT2D eigenvalue weighted by Crippen LogP contribution is 2.45. The smallest absolute Gasteiger partial charge is 0.313 e. The lowest BCUT2D eigenvalue weighted by Crippen LogP contribution is -2.31. The summed E-state index contributed by atoms with van der Waals surface area (Å²) in [4.78, 5) is 29.9. The zero-order valence-corrected chi connectivity index (χ0v) is 15.6. The Morgan fingerprint density at radius 1 is 1.04 bits per heavy atom. The van der Waals surface area contributed by atoms with E-state index in [1.54, 1.807) is 36.5 Å². The monoisotopic (exact) mass is 382 g/mol. The van der Waals surface area contributed by atoms with Crippen LogP contribution in [0.15, 0.2) is 41.3 Å². The zero-order valence-electron chi connectivity index (χ0n) is 15.6. The van der Waals surface area contributed by atoms with Crippen molar-refractivity contribution in [3.63, 3.8) is 0 Å². The van der Waals surface area contributed by atoms with Crippen molar-refractivity contribution in [2.75, 3.05) is 21.3 Å². The molecular weight excluding hydrogens is 364 g/mol. The zero-order chi connectivity index (χ0) is 19.8. The van der Waals surface area contributed by atoms with Crippen molar-refractivity contribution in [2.24, 2.45) is 0 Å². The quantitative estimate of drug-likeness (QED) is 0.639. The summed E-state index contributed by atoms with van der Waals surface area (Å²) in [6, 6.07) is 8.54. The van der Waals surface area contributed by atoms with Crippen molar-refractivity contribution >= 4 is 11.6 Å². The van der Waals surface area contributed by atoms with Crippen LogP contribution in [0.1, 0.15) is 23.5 Å². The van der Waals surface area contributed by atoms with E-state index >= 15 is 0 Å². The molecule has 4 rings (SSSR count). The number of aromatic nitrogens is 2. The molecule has 1 aromatic carbocycles. The normalized spacial score (nSPS) is 15.7. The SMILES string of the molecule is COc1cc(OC)c(C2CC(=O)Oc3nc4ccccn4c(=O)c32)c(OC)c1. The van der Waals surface area contributed by atoms with Gasteiger partial charge in [0.25, 0.3) is 5.56 Å². The van der Waals surface area contributed by atoms with Crippen LogP contribution in [0.25, 0.3) is 5.65 Å². The highest BCUT2D eigenvalue weighted by molar-refractivity contribution is 5.78. The fourth-order valence-corrected chi connectivity index (χ4v) is 3.50. The highest BCUT2D eigenvalue weighted by Gasteiger charge is 2.37. The van der Waals surface area contributed by atoms with Crippen LogP contribution in [0.2, 0.25) is 0 Å². The van der Waals surface area contributed by atoms with E-state index in [2.05, 4.69) is 4.98 Å². The topological polar surface area (TPSA) is 88.4 Å². The Balaban J connectivity index is 2.03. The van der Waals surface area contributed by atoms with Gasteiger partial charge in [0.1, 0.15) is 22.9 Å². The first-order chi connectivity index (χ1) is 13.6. The van der Waals surface area contributed by atoms with Gasteiger partial charge in [-0.2, -0.15) is 4.98 Å². The third-order valence-corrected chi connectivity index (χ3v) is 4.77. The summed E-state index contributed by atoms with van der Waals surface area (Å²) in [5, 5.41) is 0. The summed E-state index contributed by atoms with van der Waals surface area (Å²) in [5.74, 6) is 0.314. The highest BCUT2D eigenvalue weighted by atomic mass is 16.5. The predicted molar refractivity (Wildman–Crippen MR) is 99.7 cm³/mol. The lowest BCUT2D eigenvalue weighted by Gasteiger charge is -2.26. The molecule has 3 heterocycles. The molecule has 1 aliphatic heterocycles. The van der Waals surface area contributed by atoms with Crippen molar-refractivity contribution in [1.82, 2.24) is 9.38 Å². The maximum Gasteiger partial charge on any atom is 0.313 e. The molecule has 0 spiro atoms. The Hall–Kier alpha value is -3.55. The summed E-state index contributed by atoms with van der Waals surface area (Å²) in [6.07, 6.45) is 1.59. The van der Waals surface area contributed by atoms with Crippen molar-refractivity contribution in [3.8, 4) is 23.1 Å². The van der Waals surface area contributed by atoms with Crippen molar-refractivity contribution in [3.05, 3.63) is 58.0 Å². The number of esters is 1. The van der Waals surface area contributed by atoms with Gasteiger partial charge >= 0.3 is 5.97 Å². The molecule has 28 heavy (non-hydrogen) atoms. The number of methoxy groups -OCH3 is 3. The van der Waals surface area contributed by atoms with E-state index < -0.39 is 11.9 Å². The number of ether oxygens (including phenoxy) is 4. The largest absolute Gasteiger partial charge is 0.496 e. The van der Waals surface area contributed by atoms with Crippen LogP contribution in [-0.2, 0) is 4.79 Å². The van der Waals surface area contributed by atoms with Crippen LogP contribution in [0.3, 0.4) is 0 Å².